The smallest absolute Gasteiger partial charge is 0.224 e. The summed E-state index contributed by atoms with van der Waals surface area (Å²) in [4.78, 5) is 15.0. The topological polar surface area (TPSA) is 49.3 Å². The van der Waals surface area contributed by atoms with Gasteiger partial charge < -0.3 is 10.4 Å². The molecule has 0 radical (unpaired) electrons. The number of aliphatic hydroxyl groups is 1. The van der Waals surface area contributed by atoms with E-state index in [4.69, 9.17) is 11.6 Å². The predicted octanol–water partition coefficient (Wildman–Crippen LogP) is 4.66. The standard InChI is InChI=1S/C18H15ClFNO2S2/c19-12-3-1-4-13(20)11(12)9-18(23)21-10-14(22)15-6-7-17(25-15)16-5-2-8-24-16/h1-8,14,22H,9-10H2,(H,21,23). The van der Waals surface area contributed by atoms with Crippen LogP contribution < -0.4 is 5.32 Å². The highest BCUT2D eigenvalue weighted by atomic mass is 35.5. The zero-order chi connectivity index (χ0) is 17.8. The molecule has 0 saturated carbocycles. The molecule has 25 heavy (non-hydrogen) atoms. The predicted molar refractivity (Wildman–Crippen MR) is 101 cm³/mol. The van der Waals surface area contributed by atoms with E-state index < -0.39 is 11.9 Å². The van der Waals surface area contributed by atoms with Crippen LogP contribution in [0.25, 0.3) is 9.75 Å². The van der Waals surface area contributed by atoms with E-state index in [-0.39, 0.29) is 29.5 Å². The van der Waals surface area contributed by atoms with Gasteiger partial charge in [0.15, 0.2) is 0 Å². The molecule has 0 saturated heterocycles. The van der Waals surface area contributed by atoms with Crippen molar-refractivity contribution in [1.82, 2.24) is 5.32 Å². The minimum atomic E-state index is -0.807. The average Bonchev–Trinajstić information content (AvgIpc) is 3.27. The van der Waals surface area contributed by atoms with Crippen molar-refractivity contribution in [3.05, 3.63) is 69.1 Å². The number of carbonyl (C=O) groups is 1. The molecular formula is C18H15ClFNO2S2. The molecule has 2 heterocycles. The Hall–Kier alpha value is -1.73. The Bertz CT molecular complexity index is 844. The van der Waals surface area contributed by atoms with Crippen molar-refractivity contribution in [3.8, 4) is 9.75 Å². The van der Waals surface area contributed by atoms with E-state index in [0.717, 1.165) is 14.6 Å². The van der Waals surface area contributed by atoms with E-state index in [1.54, 1.807) is 17.4 Å². The van der Waals surface area contributed by atoms with Crippen LogP contribution in [0.2, 0.25) is 5.02 Å². The van der Waals surface area contributed by atoms with Crippen LogP contribution in [0.5, 0.6) is 0 Å². The molecule has 0 bridgehead atoms. The van der Waals surface area contributed by atoms with E-state index in [0.29, 0.717) is 0 Å². The number of amides is 1. The third-order valence-electron chi connectivity index (χ3n) is 3.61. The molecule has 1 aromatic carbocycles. The number of hydrogen-bond acceptors (Lipinski definition) is 4. The third kappa shape index (κ3) is 4.46. The Labute approximate surface area is 157 Å². The van der Waals surface area contributed by atoms with Crippen molar-refractivity contribution in [2.24, 2.45) is 0 Å². The molecule has 0 fully saturated rings. The van der Waals surface area contributed by atoms with Gasteiger partial charge in [0.25, 0.3) is 0 Å². The third-order valence-corrected chi connectivity index (χ3v) is 6.22. The summed E-state index contributed by atoms with van der Waals surface area (Å²) in [6.45, 7) is 0.0648. The summed E-state index contributed by atoms with van der Waals surface area (Å²) in [6.07, 6.45) is -0.970. The Morgan fingerprint density at radius 1 is 1.20 bits per heavy atom. The van der Waals surface area contributed by atoms with Gasteiger partial charge in [0.1, 0.15) is 11.9 Å². The molecule has 2 aromatic heterocycles. The lowest BCUT2D eigenvalue weighted by Gasteiger charge is -2.11. The minimum absolute atomic E-state index is 0.0648. The van der Waals surface area contributed by atoms with Crippen molar-refractivity contribution in [2.75, 3.05) is 6.54 Å². The van der Waals surface area contributed by atoms with Crippen LogP contribution in [0.3, 0.4) is 0 Å². The van der Waals surface area contributed by atoms with Crippen molar-refractivity contribution >= 4 is 40.2 Å². The first-order chi connectivity index (χ1) is 12.0. The first-order valence-corrected chi connectivity index (χ1v) is 9.63. The number of carbonyl (C=O) groups excluding carboxylic acids is 1. The summed E-state index contributed by atoms with van der Waals surface area (Å²) in [7, 11) is 0. The average molecular weight is 396 g/mol. The van der Waals surface area contributed by atoms with Crippen LogP contribution in [-0.2, 0) is 11.2 Å². The van der Waals surface area contributed by atoms with Gasteiger partial charge in [0.2, 0.25) is 5.91 Å². The number of nitrogens with one attached hydrogen (secondary N) is 1. The van der Waals surface area contributed by atoms with Gasteiger partial charge in [-0.15, -0.1) is 22.7 Å². The molecule has 0 spiro atoms. The van der Waals surface area contributed by atoms with Crippen LogP contribution in [0, 0.1) is 5.82 Å². The molecule has 0 aliphatic carbocycles. The van der Waals surface area contributed by atoms with Gasteiger partial charge in [-0.25, -0.2) is 4.39 Å². The number of thiophene rings is 2. The van der Waals surface area contributed by atoms with E-state index in [9.17, 15) is 14.3 Å². The minimum Gasteiger partial charge on any atom is -0.386 e. The number of rotatable bonds is 6. The van der Waals surface area contributed by atoms with Crippen molar-refractivity contribution in [3.63, 3.8) is 0 Å². The van der Waals surface area contributed by atoms with Crippen molar-refractivity contribution in [2.45, 2.75) is 12.5 Å². The lowest BCUT2D eigenvalue weighted by Crippen LogP contribution is -2.29. The van der Waals surface area contributed by atoms with Crippen LogP contribution in [0.15, 0.2) is 47.8 Å². The molecule has 0 aliphatic heterocycles. The first-order valence-electron chi connectivity index (χ1n) is 7.56. The van der Waals surface area contributed by atoms with Crippen LogP contribution >= 0.6 is 34.3 Å². The van der Waals surface area contributed by atoms with Gasteiger partial charge in [0.05, 0.1) is 6.42 Å². The van der Waals surface area contributed by atoms with Gasteiger partial charge >= 0.3 is 0 Å². The fourth-order valence-electron chi connectivity index (χ4n) is 2.32. The molecule has 3 nitrogen and oxygen atoms in total. The second kappa shape index (κ2) is 8.10. The maximum Gasteiger partial charge on any atom is 0.224 e. The zero-order valence-corrected chi connectivity index (χ0v) is 15.4. The highest BCUT2D eigenvalue weighted by Crippen LogP contribution is 2.33. The summed E-state index contributed by atoms with van der Waals surface area (Å²) in [5.74, 6) is -0.900. The van der Waals surface area contributed by atoms with Gasteiger partial charge in [0, 0.05) is 31.8 Å². The second-order valence-electron chi connectivity index (χ2n) is 5.38. The fourth-order valence-corrected chi connectivity index (χ4v) is 4.38. The zero-order valence-electron chi connectivity index (χ0n) is 13.0. The molecule has 2 N–H and O–H groups in total. The first kappa shape index (κ1) is 18.1. The van der Waals surface area contributed by atoms with Crippen LogP contribution in [-0.4, -0.2) is 17.6 Å². The number of benzene rings is 1. The summed E-state index contributed by atoms with van der Waals surface area (Å²) < 4.78 is 13.7. The molecular weight excluding hydrogens is 381 g/mol. The number of hydrogen-bond donors (Lipinski definition) is 2. The van der Waals surface area contributed by atoms with Gasteiger partial charge in [-0.3, -0.25) is 4.79 Å². The Balaban J connectivity index is 1.57. The van der Waals surface area contributed by atoms with Crippen LogP contribution in [0.4, 0.5) is 4.39 Å². The summed E-state index contributed by atoms with van der Waals surface area (Å²) in [5, 5.41) is 15.1. The summed E-state index contributed by atoms with van der Waals surface area (Å²) in [6, 6.07) is 12.1. The molecule has 1 atom stereocenters. The highest BCUT2D eigenvalue weighted by Gasteiger charge is 2.15. The number of halogens is 2. The quantitative estimate of drug-likeness (QED) is 0.637. The van der Waals surface area contributed by atoms with E-state index in [1.807, 2.05) is 29.6 Å². The van der Waals surface area contributed by atoms with Gasteiger partial charge in [-0.2, -0.15) is 0 Å². The Kier molecular flexibility index (Phi) is 5.86. The Morgan fingerprint density at radius 2 is 2.04 bits per heavy atom. The monoisotopic (exact) mass is 395 g/mol. The molecule has 130 valence electrons. The van der Waals surface area contributed by atoms with Gasteiger partial charge in [-0.1, -0.05) is 23.7 Å². The summed E-state index contributed by atoms with van der Waals surface area (Å²) in [5.41, 5.74) is 0.160. The lowest BCUT2D eigenvalue weighted by atomic mass is 10.1. The van der Waals surface area contributed by atoms with Gasteiger partial charge in [-0.05, 0) is 35.7 Å². The molecule has 1 amide bonds. The largest absolute Gasteiger partial charge is 0.386 e. The maximum absolute atomic E-state index is 13.7. The highest BCUT2D eigenvalue weighted by molar-refractivity contribution is 7.21. The van der Waals surface area contributed by atoms with Crippen molar-refractivity contribution < 1.29 is 14.3 Å². The van der Waals surface area contributed by atoms with E-state index >= 15 is 0 Å². The maximum atomic E-state index is 13.7. The van der Waals surface area contributed by atoms with E-state index in [1.165, 1.54) is 23.5 Å². The molecule has 7 heteroatoms. The normalized spacial score (nSPS) is 12.1. The van der Waals surface area contributed by atoms with Crippen LogP contribution in [0.1, 0.15) is 16.5 Å². The lowest BCUT2D eigenvalue weighted by molar-refractivity contribution is -0.120. The molecule has 3 rings (SSSR count). The van der Waals surface area contributed by atoms with Crippen molar-refractivity contribution in [1.29, 1.82) is 0 Å². The molecule has 0 aliphatic rings. The fraction of sp³-hybridized carbons (Fsp3) is 0.167. The molecule has 1 unspecified atom stereocenters. The summed E-state index contributed by atoms with van der Waals surface area (Å²) >= 11 is 9.04. The van der Waals surface area contributed by atoms with E-state index in [2.05, 4.69) is 5.32 Å². The second-order valence-corrected chi connectivity index (χ2v) is 7.85. The Morgan fingerprint density at radius 3 is 2.76 bits per heavy atom. The SMILES string of the molecule is O=C(Cc1c(F)cccc1Cl)NCC(O)c1ccc(-c2cccs2)s1. The molecule has 3 aromatic rings. The number of aliphatic hydroxyl groups excluding tert-OH is 1.